The van der Waals surface area contributed by atoms with Crippen LogP contribution in [0.2, 0.25) is 0 Å². The van der Waals surface area contributed by atoms with Crippen molar-refractivity contribution in [2.24, 2.45) is 0 Å². The smallest absolute Gasteiger partial charge is 0.335 e. The first-order valence-electron chi connectivity index (χ1n) is 6.41. The summed E-state index contributed by atoms with van der Waals surface area (Å²) in [6.07, 6.45) is 0.744. The average molecular weight is 282 g/mol. The summed E-state index contributed by atoms with van der Waals surface area (Å²) in [5.41, 5.74) is 2.22. The Kier molecular flexibility index (Phi) is 4.28. The van der Waals surface area contributed by atoms with E-state index in [1.54, 1.807) is 36.4 Å². The summed E-state index contributed by atoms with van der Waals surface area (Å²) >= 11 is 0. The predicted octanol–water partition coefficient (Wildman–Crippen LogP) is 2.92. The van der Waals surface area contributed by atoms with Gasteiger partial charge in [0.05, 0.1) is 11.5 Å². The number of ketones is 1. The molecule has 0 aromatic heterocycles. The first-order chi connectivity index (χ1) is 10.0. The van der Waals surface area contributed by atoms with E-state index in [1.807, 2.05) is 0 Å². The molecular formula is C17H14O4. The van der Waals surface area contributed by atoms with Crippen LogP contribution in [0.5, 0.6) is 0 Å². The Bertz CT molecular complexity index is 669. The lowest BCUT2D eigenvalue weighted by molar-refractivity contribution is -0.117. The molecule has 4 nitrogen and oxygen atoms in total. The number of aromatic carboxylic acids is 1. The van der Waals surface area contributed by atoms with Crippen molar-refractivity contribution < 1.29 is 19.5 Å². The summed E-state index contributed by atoms with van der Waals surface area (Å²) in [7, 11) is 0. The summed E-state index contributed by atoms with van der Waals surface area (Å²) in [5, 5.41) is 8.90. The molecule has 1 unspecified atom stereocenters. The first kappa shape index (κ1) is 14.7. The number of carbonyl (C=O) groups excluding carboxylic acids is 2. The van der Waals surface area contributed by atoms with Crippen LogP contribution >= 0.6 is 0 Å². The van der Waals surface area contributed by atoms with Crippen LogP contribution in [0.25, 0.3) is 0 Å². The molecule has 21 heavy (non-hydrogen) atoms. The van der Waals surface area contributed by atoms with Gasteiger partial charge in [0.2, 0.25) is 0 Å². The van der Waals surface area contributed by atoms with Crippen LogP contribution in [0.3, 0.4) is 0 Å². The highest BCUT2D eigenvalue weighted by atomic mass is 16.4. The van der Waals surface area contributed by atoms with Gasteiger partial charge < -0.3 is 5.11 Å². The highest BCUT2D eigenvalue weighted by Gasteiger charge is 2.19. The van der Waals surface area contributed by atoms with Crippen molar-refractivity contribution in [3.05, 3.63) is 70.8 Å². The molecular weight excluding hydrogens is 268 g/mol. The summed E-state index contributed by atoms with van der Waals surface area (Å²) in [6, 6.07) is 13.0. The maximum atomic E-state index is 11.9. The minimum Gasteiger partial charge on any atom is -0.478 e. The van der Waals surface area contributed by atoms with Crippen molar-refractivity contribution in [3.8, 4) is 0 Å². The van der Waals surface area contributed by atoms with E-state index in [0.717, 1.165) is 17.4 Å². The lowest BCUT2D eigenvalue weighted by Crippen LogP contribution is -2.11. The van der Waals surface area contributed by atoms with Gasteiger partial charge >= 0.3 is 5.97 Å². The van der Waals surface area contributed by atoms with Crippen molar-refractivity contribution in [3.63, 3.8) is 0 Å². The molecule has 0 aliphatic carbocycles. The van der Waals surface area contributed by atoms with E-state index in [4.69, 9.17) is 5.11 Å². The molecule has 0 amide bonds. The number of carboxylic acids is 1. The minimum absolute atomic E-state index is 0.0445. The van der Waals surface area contributed by atoms with Crippen molar-refractivity contribution in [2.45, 2.75) is 12.8 Å². The van der Waals surface area contributed by atoms with Gasteiger partial charge in [-0.05, 0) is 30.2 Å². The third-order valence-corrected chi connectivity index (χ3v) is 3.30. The average Bonchev–Trinajstić information content (AvgIpc) is 2.48. The largest absolute Gasteiger partial charge is 0.478 e. The second kappa shape index (κ2) is 6.13. The molecule has 0 aliphatic rings. The SMILES string of the molecule is CC(=O)C(c1ccc(C=O)cc1)c1ccc(C(=O)O)cc1. The van der Waals surface area contributed by atoms with Crippen LogP contribution in [0, 0.1) is 0 Å². The Labute approximate surface area is 122 Å². The molecule has 4 heteroatoms. The lowest BCUT2D eigenvalue weighted by atomic mass is 9.87. The lowest BCUT2D eigenvalue weighted by Gasteiger charge is -2.15. The van der Waals surface area contributed by atoms with E-state index in [1.165, 1.54) is 19.1 Å². The molecule has 1 N–H and O–H groups in total. The zero-order chi connectivity index (χ0) is 15.4. The van der Waals surface area contributed by atoms with Crippen molar-refractivity contribution in [2.75, 3.05) is 0 Å². The molecule has 2 rings (SSSR count). The Balaban J connectivity index is 2.40. The Morgan fingerprint density at radius 3 is 1.81 bits per heavy atom. The molecule has 1 atom stereocenters. The minimum atomic E-state index is -1.00. The number of carboxylic acid groups (broad SMARTS) is 1. The standard InChI is InChI=1S/C17H14O4/c1-11(19)16(13-4-2-12(10-18)3-5-13)14-6-8-15(9-7-14)17(20)21/h2-10,16H,1H3,(H,20,21). The number of carbonyl (C=O) groups is 3. The van der Waals surface area contributed by atoms with Crippen LogP contribution in [0.15, 0.2) is 48.5 Å². The van der Waals surface area contributed by atoms with Crippen molar-refractivity contribution in [1.82, 2.24) is 0 Å². The topological polar surface area (TPSA) is 71.4 Å². The van der Waals surface area contributed by atoms with E-state index < -0.39 is 11.9 Å². The first-order valence-corrected chi connectivity index (χ1v) is 6.41. The number of hydrogen-bond donors (Lipinski definition) is 1. The fourth-order valence-corrected chi connectivity index (χ4v) is 2.25. The Morgan fingerprint density at radius 1 is 0.952 bits per heavy atom. The summed E-state index contributed by atoms with van der Waals surface area (Å²) in [4.78, 5) is 33.5. The fourth-order valence-electron chi connectivity index (χ4n) is 2.25. The molecule has 0 radical (unpaired) electrons. The number of rotatable bonds is 5. The zero-order valence-electron chi connectivity index (χ0n) is 11.4. The molecule has 0 bridgehead atoms. The fraction of sp³-hybridized carbons (Fsp3) is 0.118. The predicted molar refractivity (Wildman–Crippen MR) is 77.8 cm³/mol. The third-order valence-electron chi connectivity index (χ3n) is 3.30. The molecule has 0 fully saturated rings. The maximum Gasteiger partial charge on any atom is 0.335 e. The van der Waals surface area contributed by atoms with Crippen LogP contribution in [0.1, 0.15) is 44.7 Å². The normalized spacial score (nSPS) is 11.7. The third kappa shape index (κ3) is 3.23. The van der Waals surface area contributed by atoms with Gasteiger partial charge in [-0.3, -0.25) is 9.59 Å². The van der Waals surface area contributed by atoms with E-state index in [-0.39, 0.29) is 11.3 Å². The number of Topliss-reactive ketones (excluding diaryl/α,β-unsaturated/α-hetero) is 1. The second-order valence-electron chi connectivity index (χ2n) is 4.76. The van der Waals surface area contributed by atoms with Gasteiger partial charge in [-0.15, -0.1) is 0 Å². The highest BCUT2D eigenvalue weighted by molar-refractivity contribution is 5.89. The molecule has 0 saturated heterocycles. The number of benzene rings is 2. The molecule has 0 aliphatic heterocycles. The quantitative estimate of drug-likeness (QED) is 0.856. The van der Waals surface area contributed by atoms with Crippen molar-refractivity contribution in [1.29, 1.82) is 0 Å². The molecule has 2 aromatic carbocycles. The summed E-state index contributed by atoms with van der Waals surface area (Å²) in [5.74, 6) is -1.51. The highest BCUT2D eigenvalue weighted by Crippen LogP contribution is 2.26. The van der Waals surface area contributed by atoms with E-state index in [2.05, 4.69) is 0 Å². The number of hydrogen-bond acceptors (Lipinski definition) is 3. The van der Waals surface area contributed by atoms with Gasteiger partial charge in [0.15, 0.2) is 0 Å². The molecule has 0 spiro atoms. The Morgan fingerprint density at radius 2 is 1.43 bits per heavy atom. The molecule has 2 aromatic rings. The van der Waals surface area contributed by atoms with E-state index in [9.17, 15) is 14.4 Å². The van der Waals surface area contributed by atoms with Gasteiger partial charge in [-0.1, -0.05) is 36.4 Å². The summed E-state index contributed by atoms with van der Waals surface area (Å²) in [6.45, 7) is 1.49. The van der Waals surface area contributed by atoms with Gasteiger partial charge in [0.1, 0.15) is 12.1 Å². The number of aldehydes is 1. The van der Waals surface area contributed by atoms with Gasteiger partial charge in [0.25, 0.3) is 0 Å². The zero-order valence-corrected chi connectivity index (χ0v) is 11.4. The van der Waals surface area contributed by atoms with Crippen molar-refractivity contribution >= 4 is 18.0 Å². The maximum absolute atomic E-state index is 11.9. The van der Waals surface area contributed by atoms with Crippen LogP contribution in [-0.4, -0.2) is 23.1 Å². The Hall–Kier alpha value is -2.75. The second-order valence-corrected chi connectivity index (χ2v) is 4.76. The van der Waals surface area contributed by atoms with Crippen LogP contribution < -0.4 is 0 Å². The van der Waals surface area contributed by atoms with E-state index in [0.29, 0.717) is 5.56 Å². The van der Waals surface area contributed by atoms with Crippen LogP contribution in [-0.2, 0) is 4.79 Å². The monoisotopic (exact) mass is 282 g/mol. The molecule has 0 heterocycles. The summed E-state index contributed by atoms with van der Waals surface area (Å²) < 4.78 is 0. The molecule has 106 valence electrons. The van der Waals surface area contributed by atoms with E-state index >= 15 is 0 Å². The molecule has 0 saturated carbocycles. The van der Waals surface area contributed by atoms with Gasteiger partial charge in [-0.2, -0.15) is 0 Å². The van der Waals surface area contributed by atoms with Gasteiger partial charge in [-0.25, -0.2) is 4.79 Å². The van der Waals surface area contributed by atoms with Gasteiger partial charge in [0, 0.05) is 5.56 Å². The van der Waals surface area contributed by atoms with Crippen LogP contribution in [0.4, 0.5) is 0 Å².